The number of thioether (sulfide) groups is 1. The molecule has 0 saturated heterocycles. The fourth-order valence-corrected chi connectivity index (χ4v) is 4.04. The minimum atomic E-state index is 0.574. The quantitative estimate of drug-likeness (QED) is 0.550. The van der Waals surface area contributed by atoms with E-state index < -0.39 is 0 Å². The molecule has 3 nitrogen and oxygen atoms in total. The number of hydrogen-bond acceptors (Lipinski definition) is 5. The van der Waals surface area contributed by atoms with Gasteiger partial charge in [0.2, 0.25) is 5.13 Å². The Morgan fingerprint density at radius 3 is 2.58 bits per heavy atom. The van der Waals surface area contributed by atoms with Crippen molar-refractivity contribution in [1.82, 2.24) is 10.2 Å². The molecule has 0 radical (unpaired) electrons. The van der Waals surface area contributed by atoms with Crippen LogP contribution >= 0.6 is 23.1 Å². The predicted octanol–water partition coefficient (Wildman–Crippen LogP) is 6.01. The summed E-state index contributed by atoms with van der Waals surface area (Å²) in [4.78, 5) is 0. The van der Waals surface area contributed by atoms with E-state index in [0.29, 0.717) is 5.92 Å². The van der Waals surface area contributed by atoms with Crippen LogP contribution in [0.3, 0.4) is 0 Å². The first-order valence-corrected chi connectivity index (χ1v) is 9.79. The monoisotopic (exact) mass is 355 g/mol. The minimum absolute atomic E-state index is 0.574. The SMILES string of the molecule is Cc1cccc(Nc2nnc(SCc3ccc(C(C)C)cc3)s2)c1. The van der Waals surface area contributed by atoms with E-state index in [-0.39, 0.29) is 0 Å². The number of aryl methyl sites for hydroxylation is 1. The van der Waals surface area contributed by atoms with Gasteiger partial charge in [-0.25, -0.2) is 0 Å². The van der Waals surface area contributed by atoms with Crippen molar-refractivity contribution >= 4 is 33.9 Å². The van der Waals surface area contributed by atoms with Gasteiger partial charge in [0.25, 0.3) is 0 Å². The van der Waals surface area contributed by atoms with E-state index in [1.54, 1.807) is 23.1 Å². The van der Waals surface area contributed by atoms with E-state index in [0.717, 1.165) is 20.9 Å². The van der Waals surface area contributed by atoms with E-state index >= 15 is 0 Å². The van der Waals surface area contributed by atoms with Crippen LogP contribution in [0.5, 0.6) is 0 Å². The molecule has 124 valence electrons. The second kappa shape index (κ2) is 7.81. The molecule has 1 N–H and O–H groups in total. The van der Waals surface area contributed by atoms with Gasteiger partial charge in [-0.1, -0.05) is 73.3 Å². The van der Waals surface area contributed by atoms with E-state index in [4.69, 9.17) is 0 Å². The zero-order valence-electron chi connectivity index (χ0n) is 14.1. The van der Waals surface area contributed by atoms with Gasteiger partial charge in [-0.15, -0.1) is 10.2 Å². The summed E-state index contributed by atoms with van der Waals surface area (Å²) in [6, 6.07) is 17.1. The van der Waals surface area contributed by atoms with Gasteiger partial charge < -0.3 is 5.32 Å². The van der Waals surface area contributed by atoms with Gasteiger partial charge in [0.1, 0.15) is 0 Å². The van der Waals surface area contributed by atoms with Crippen LogP contribution in [-0.2, 0) is 5.75 Å². The van der Waals surface area contributed by atoms with Gasteiger partial charge in [0.05, 0.1) is 0 Å². The largest absolute Gasteiger partial charge is 0.330 e. The molecule has 0 aliphatic carbocycles. The fourth-order valence-electron chi connectivity index (χ4n) is 2.31. The summed E-state index contributed by atoms with van der Waals surface area (Å²) >= 11 is 3.32. The average Bonchev–Trinajstić information content (AvgIpc) is 3.01. The van der Waals surface area contributed by atoms with Crippen molar-refractivity contribution in [2.24, 2.45) is 0 Å². The average molecular weight is 356 g/mol. The second-order valence-electron chi connectivity index (χ2n) is 6.05. The number of nitrogens with zero attached hydrogens (tertiary/aromatic N) is 2. The Kier molecular flexibility index (Phi) is 5.53. The third-order valence-corrected chi connectivity index (χ3v) is 5.73. The van der Waals surface area contributed by atoms with E-state index in [2.05, 4.69) is 72.7 Å². The summed E-state index contributed by atoms with van der Waals surface area (Å²) in [5.74, 6) is 1.49. The van der Waals surface area contributed by atoms with Gasteiger partial charge in [-0.3, -0.25) is 0 Å². The summed E-state index contributed by atoms with van der Waals surface area (Å²) in [5.41, 5.74) is 4.97. The van der Waals surface area contributed by atoms with Crippen molar-refractivity contribution in [1.29, 1.82) is 0 Å². The first kappa shape index (κ1) is 17.0. The standard InChI is InChI=1S/C19H21N3S2/c1-13(2)16-9-7-15(8-10-16)12-23-19-22-21-18(24-19)20-17-6-4-5-14(3)11-17/h4-11,13H,12H2,1-3H3,(H,20,21). The lowest BCUT2D eigenvalue weighted by Gasteiger charge is -2.06. The molecule has 0 aliphatic rings. The van der Waals surface area contributed by atoms with Crippen LogP contribution in [0.25, 0.3) is 0 Å². The first-order chi connectivity index (χ1) is 11.6. The molecule has 1 aromatic heterocycles. The van der Waals surface area contributed by atoms with E-state index in [1.165, 1.54) is 16.7 Å². The molecule has 0 bridgehead atoms. The van der Waals surface area contributed by atoms with Crippen molar-refractivity contribution in [3.05, 3.63) is 65.2 Å². The van der Waals surface area contributed by atoms with Gasteiger partial charge in [0.15, 0.2) is 4.34 Å². The molecule has 0 atom stereocenters. The smallest absolute Gasteiger partial charge is 0.210 e. The Bertz CT molecular complexity index is 794. The number of anilines is 2. The van der Waals surface area contributed by atoms with Crippen LogP contribution in [0.2, 0.25) is 0 Å². The molecule has 2 aromatic carbocycles. The highest BCUT2D eigenvalue weighted by atomic mass is 32.2. The molecule has 3 aromatic rings. The van der Waals surface area contributed by atoms with Crippen molar-refractivity contribution in [3.63, 3.8) is 0 Å². The predicted molar refractivity (Wildman–Crippen MR) is 104 cm³/mol. The van der Waals surface area contributed by atoms with Crippen LogP contribution in [-0.4, -0.2) is 10.2 Å². The van der Waals surface area contributed by atoms with Gasteiger partial charge >= 0.3 is 0 Å². The first-order valence-electron chi connectivity index (χ1n) is 7.99. The van der Waals surface area contributed by atoms with Crippen molar-refractivity contribution in [3.8, 4) is 0 Å². The highest BCUT2D eigenvalue weighted by molar-refractivity contribution is 8.00. The molecule has 0 saturated carbocycles. The zero-order chi connectivity index (χ0) is 16.9. The summed E-state index contributed by atoms with van der Waals surface area (Å²) in [7, 11) is 0. The van der Waals surface area contributed by atoms with Gasteiger partial charge in [-0.2, -0.15) is 0 Å². The van der Waals surface area contributed by atoms with Crippen molar-refractivity contribution in [2.75, 3.05) is 5.32 Å². The van der Waals surface area contributed by atoms with Crippen LogP contribution in [0, 0.1) is 6.92 Å². The molecular weight excluding hydrogens is 334 g/mol. The van der Waals surface area contributed by atoms with Crippen LogP contribution in [0.4, 0.5) is 10.8 Å². The minimum Gasteiger partial charge on any atom is -0.330 e. The maximum atomic E-state index is 4.26. The normalized spacial score (nSPS) is 11.0. The Labute approximate surface area is 151 Å². The van der Waals surface area contributed by atoms with Gasteiger partial charge in [0, 0.05) is 11.4 Å². The summed E-state index contributed by atoms with van der Waals surface area (Å²) in [5, 5.41) is 12.6. The molecule has 24 heavy (non-hydrogen) atoms. The lowest BCUT2D eigenvalue weighted by Crippen LogP contribution is -1.89. The molecule has 1 heterocycles. The molecule has 0 fully saturated rings. The number of benzene rings is 2. The maximum absolute atomic E-state index is 4.26. The molecule has 0 amide bonds. The maximum Gasteiger partial charge on any atom is 0.210 e. The van der Waals surface area contributed by atoms with Gasteiger partial charge in [-0.05, 0) is 41.7 Å². The van der Waals surface area contributed by atoms with Crippen LogP contribution < -0.4 is 5.32 Å². The number of rotatable bonds is 6. The Morgan fingerprint density at radius 2 is 1.88 bits per heavy atom. The molecule has 0 spiro atoms. The van der Waals surface area contributed by atoms with Crippen LogP contribution in [0.15, 0.2) is 52.9 Å². The molecule has 0 unspecified atom stereocenters. The Balaban J connectivity index is 1.58. The summed E-state index contributed by atoms with van der Waals surface area (Å²) in [6.45, 7) is 6.51. The van der Waals surface area contributed by atoms with Crippen LogP contribution in [0.1, 0.15) is 36.5 Å². The highest BCUT2D eigenvalue weighted by Gasteiger charge is 2.06. The summed E-state index contributed by atoms with van der Waals surface area (Å²) in [6.07, 6.45) is 0. The second-order valence-corrected chi connectivity index (χ2v) is 8.25. The molecule has 0 aliphatic heterocycles. The summed E-state index contributed by atoms with van der Waals surface area (Å²) < 4.78 is 0.984. The van der Waals surface area contributed by atoms with Crippen molar-refractivity contribution in [2.45, 2.75) is 36.8 Å². The highest BCUT2D eigenvalue weighted by Crippen LogP contribution is 2.30. The molecule has 3 rings (SSSR count). The Morgan fingerprint density at radius 1 is 1.08 bits per heavy atom. The number of hydrogen-bond donors (Lipinski definition) is 1. The molecule has 5 heteroatoms. The van der Waals surface area contributed by atoms with E-state index in [1.807, 2.05) is 12.1 Å². The lowest BCUT2D eigenvalue weighted by molar-refractivity contribution is 0.866. The molecular formula is C19H21N3S2. The topological polar surface area (TPSA) is 37.8 Å². The number of aromatic nitrogens is 2. The Hall–Kier alpha value is -1.85. The zero-order valence-corrected chi connectivity index (χ0v) is 15.7. The fraction of sp³-hybridized carbons (Fsp3) is 0.263. The lowest BCUT2D eigenvalue weighted by atomic mass is 10.0. The third-order valence-electron chi connectivity index (χ3n) is 3.68. The van der Waals surface area contributed by atoms with E-state index in [9.17, 15) is 0 Å². The number of nitrogens with one attached hydrogen (secondary N) is 1. The van der Waals surface area contributed by atoms with Crippen molar-refractivity contribution < 1.29 is 0 Å². The third kappa shape index (κ3) is 4.58.